The van der Waals surface area contributed by atoms with Crippen molar-refractivity contribution in [2.75, 3.05) is 12.4 Å². The number of hydrogen-bond donors (Lipinski definition) is 2. The lowest BCUT2D eigenvalue weighted by Gasteiger charge is -2.19. The van der Waals surface area contributed by atoms with Gasteiger partial charge in [-0.25, -0.2) is 4.98 Å². The van der Waals surface area contributed by atoms with E-state index in [1.807, 2.05) is 0 Å². The lowest BCUT2D eigenvalue weighted by molar-refractivity contribution is -0.275. The van der Waals surface area contributed by atoms with Crippen LogP contribution < -0.4 is 25.3 Å². The van der Waals surface area contributed by atoms with Crippen molar-refractivity contribution in [1.82, 2.24) is 9.97 Å². The first-order valence-corrected chi connectivity index (χ1v) is 10.5. The van der Waals surface area contributed by atoms with Gasteiger partial charge in [0.1, 0.15) is 11.4 Å². The van der Waals surface area contributed by atoms with Crippen molar-refractivity contribution in [1.29, 1.82) is 0 Å². The third-order valence-electron chi connectivity index (χ3n) is 5.06. The molecule has 0 saturated carbocycles. The summed E-state index contributed by atoms with van der Waals surface area (Å²) in [6, 6.07) is 2.41. The van der Waals surface area contributed by atoms with Crippen molar-refractivity contribution in [2.45, 2.75) is 26.4 Å². The van der Waals surface area contributed by atoms with Gasteiger partial charge in [-0.1, -0.05) is 0 Å². The summed E-state index contributed by atoms with van der Waals surface area (Å²) in [5.41, 5.74) is 2.34. The monoisotopic (exact) mass is 562 g/mol. The number of anilines is 1. The molecule has 1 aromatic carbocycles. The van der Waals surface area contributed by atoms with Gasteiger partial charge in [0.15, 0.2) is 17.2 Å². The topological polar surface area (TPSA) is 126 Å². The minimum Gasteiger partial charge on any atom is -0.490 e. The maximum absolute atomic E-state index is 14.6. The van der Waals surface area contributed by atoms with Gasteiger partial charge in [-0.2, -0.15) is 17.6 Å². The van der Waals surface area contributed by atoms with Crippen molar-refractivity contribution >= 4 is 17.5 Å². The Hall–Kier alpha value is -4.63. The molecule has 0 aliphatic carbocycles. The summed E-state index contributed by atoms with van der Waals surface area (Å²) in [5, 5.41) is 2.33. The zero-order chi connectivity index (χ0) is 29.3. The van der Waals surface area contributed by atoms with Crippen LogP contribution in [-0.2, 0) is 6.18 Å². The molecule has 3 aromatic rings. The molecule has 2 aromatic heterocycles. The SMILES string of the molecule is COc1c(Oc2cnc(C(F)(F)F)c(C)c2C(=O)Nc2cc(C(N)=O)ncc2C)ccc(OC(F)(F)F)c1F. The predicted octanol–water partition coefficient (Wildman–Crippen LogP) is 5.30. The van der Waals surface area contributed by atoms with Gasteiger partial charge < -0.3 is 25.3 Å². The number of nitrogens with one attached hydrogen (secondary N) is 1. The number of amides is 2. The van der Waals surface area contributed by atoms with E-state index in [9.17, 15) is 40.3 Å². The van der Waals surface area contributed by atoms with Crippen LogP contribution in [-0.4, -0.2) is 35.3 Å². The number of hydrogen-bond acceptors (Lipinski definition) is 7. The molecule has 2 heterocycles. The fraction of sp³-hybridized carbons (Fsp3) is 0.217. The van der Waals surface area contributed by atoms with Crippen LogP contribution in [0.25, 0.3) is 0 Å². The minimum atomic E-state index is -5.24. The zero-order valence-electron chi connectivity index (χ0n) is 20.0. The molecule has 2 amide bonds. The Morgan fingerprint density at radius 2 is 1.62 bits per heavy atom. The number of methoxy groups -OCH3 is 1. The molecule has 0 spiro atoms. The van der Waals surface area contributed by atoms with Gasteiger partial charge in [-0.3, -0.25) is 14.6 Å². The molecule has 0 radical (unpaired) electrons. The highest BCUT2D eigenvalue weighted by Crippen LogP contribution is 2.42. The molecule has 208 valence electrons. The highest BCUT2D eigenvalue weighted by atomic mass is 19.4. The van der Waals surface area contributed by atoms with Gasteiger partial charge in [0.05, 0.1) is 18.9 Å². The standard InChI is InChI=1S/C23H17F7N4O5/c1-9-7-32-12(20(31)35)6-11(9)34-21(36)16-10(2)19(22(25,26)27)33-8-15(16)38-14-5-4-13(39-23(28,29)30)17(24)18(14)37-3/h4-8H,1-3H3,(H2,31,35)(H,32,34,36). The second-order valence-electron chi connectivity index (χ2n) is 7.73. The molecule has 0 atom stereocenters. The van der Waals surface area contributed by atoms with Crippen molar-refractivity contribution in [3.8, 4) is 23.0 Å². The fourth-order valence-electron chi connectivity index (χ4n) is 3.32. The Labute approximate surface area is 214 Å². The first-order valence-electron chi connectivity index (χ1n) is 10.5. The first-order chi connectivity index (χ1) is 18.0. The summed E-state index contributed by atoms with van der Waals surface area (Å²) < 4.78 is 107. The molecule has 16 heteroatoms. The van der Waals surface area contributed by atoms with Gasteiger partial charge in [-0.15, -0.1) is 13.2 Å². The van der Waals surface area contributed by atoms with Gasteiger partial charge in [0.25, 0.3) is 11.8 Å². The number of halogens is 7. The van der Waals surface area contributed by atoms with Crippen LogP contribution in [0.15, 0.2) is 30.6 Å². The second-order valence-corrected chi connectivity index (χ2v) is 7.73. The van der Waals surface area contributed by atoms with Crippen molar-refractivity contribution in [2.24, 2.45) is 5.73 Å². The molecule has 9 nitrogen and oxygen atoms in total. The van der Waals surface area contributed by atoms with E-state index in [1.165, 1.54) is 13.1 Å². The van der Waals surface area contributed by atoms with Crippen molar-refractivity contribution < 1.29 is 54.5 Å². The average molecular weight is 562 g/mol. The molecule has 3 rings (SSSR count). The molecule has 0 aliphatic heterocycles. The van der Waals surface area contributed by atoms with Crippen LogP contribution in [0.3, 0.4) is 0 Å². The van der Waals surface area contributed by atoms with E-state index in [1.54, 1.807) is 0 Å². The summed E-state index contributed by atoms with van der Waals surface area (Å²) in [7, 11) is 0.884. The molecule has 0 unspecified atom stereocenters. The maximum atomic E-state index is 14.6. The van der Waals surface area contributed by atoms with Gasteiger partial charge >= 0.3 is 12.5 Å². The number of alkyl halides is 6. The highest BCUT2D eigenvalue weighted by molar-refractivity contribution is 6.08. The van der Waals surface area contributed by atoms with Crippen LogP contribution >= 0.6 is 0 Å². The lowest BCUT2D eigenvalue weighted by Crippen LogP contribution is -2.21. The van der Waals surface area contributed by atoms with Crippen molar-refractivity contribution in [3.05, 3.63) is 64.5 Å². The van der Waals surface area contributed by atoms with Crippen LogP contribution in [0.1, 0.15) is 37.7 Å². The van der Waals surface area contributed by atoms with E-state index in [0.29, 0.717) is 17.8 Å². The number of carbonyl (C=O) groups is 2. The number of nitrogens with zero attached hydrogens (tertiary/aromatic N) is 2. The normalized spacial score (nSPS) is 11.6. The number of aryl methyl sites for hydroxylation is 1. The lowest BCUT2D eigenvalue weighted by atomic mass is 10.0. The van der Waals surface area contributed by atoms with E-state index in [2.05, 4.69) is 20.0 Å². The summed E-state index contributed by atoms with van der Waals surface area (Å²) in [4.78, 5) is 31.7. The number of nitrogens with two attached hydrogens (primary N) is 1. The Bertz CT molecular complexity index is 1440. The molecular weight excluding hydrogens is 545 g/mol. The maximum Gasteiger partial charge on any atom is 0.573 e. The number of carbonyl (C=O) groups excluding carboxylic acids is 2. The Morgan fingerprint density at radius 1 is 0.974 bits per heavy atom. The largest absolute Gasteiger partial charge is 0.573 e. The fourth-order valence-corrected chi connectivity index (χ4v) is 3.32. The molecule has 39 heavy (non-hydrogen) atoms. The Balaban J connectivity index is 2.12. The van der Waals surface area contributed by atoms with Gasteiger partial charge in [0.2, 0.25) is 11.6 Å². The van der Waals surface area contributed by atoms with Crippen molar-refractivity contribution in [3.63, 3.8) is 0 Å². The van der Waals surface area contributed by atoms with E-state index in [-0.39, 0.29) is 11.4 Å². The quantitative estimate of drug-likeness (QED) is 0.374. The second kappa shape index (κ2) is 10.6. The average Bonchev–Trinajstić information content (AvgIpc) is 2.80. The number of ether oxygens (including phenoxy) is 3. The molecule has 0 aliphatic rings. The van der Waals surface area contributed by atoms with Crippen LogP contribution in [0.2, 0.25) is 0 Å². The minimum absolute atomic E-state index is 0.0307. The first kappa shape index (κ1) is 28.9. The van der Waals surface area contributed by atoms with E-state index < -0.39 is 70.0 Å². The van der Waals surface area contributed by atoms with Crippen LogP contribution in [0.5, 0.6) is 23.0 Å². The summed E-state index contributed by atoms with van der Waals surface area (Å²) in [5.74, 6) is -7.18. The van der Waals surface area contributed by atoms with E-state index in [4.69, 9.17) is 15.2 Å². The molecule has 0 fully saturated rings. The molecule has 3 N–H and O–H groups in total. The highest BCUT2D eigenvalue weighted by Gasteiger charge is 2.38. The number of primary amides is 1. The third-order valence-corrected chi connectivity index (χ3v) is 5.06. The summed E-state index contributed by atoms with van der Waals surface area (Å²) in [6.07, 6.45) is -8.53. The molecule has 0 saturated heterocycles. The van der Waals surface area contributed by atoms with Crippen LogP contribution in [0.4, 0.5) is 36.4 Å². The van der Waals surface area contributed by atoms with E-state index in [0.717, 1.165) is 26.2 Å². The summed E-state index contributed by atoms with van der Waals surface area (Å²) in [6.45, 7) is 2.40. The smallest absolute Gasteiger partial charge is 0.490 e. The molecule has 0 bridgehead atoms. The number of aromatic nitrogens is 2. The zero-order valence-corrected chi connectivity index (χ0v) is 20.0. The molecular formula is C23H17F7N4O5. The third kappa shape index (κ3) is 6.45. The number of pyridine rings is 2. The number of benzene rings is 1. The van der Waals surface area contributed by atoms with Gasteiger partial charge in [0, 0.05) is 11.9 Å². The van der Waals surface area contributed by atoms with Gasteiger partial charge in [-0.05, 0) is 43.2 Å². The van der Waals surface area contributed by atoms with Crippen LogP contribution in [0, 0.1) is 19.7 Å². The Kier molecular flexibility index (Phi) is 7.88. The van der Waals surface area contributed by atoms with E-state index >= 15 is 0 Å². The Morgan fingerprint density at radius 3 is 2.18 bits per heavy atom. The summed E-state index contributed by atoms with van der Waals surface area (Å²) >= 11 is 0. The number of rotatable bonds is 7. The predicted molar refractivity (Wildman–Crippen MR) is 119 cm³/mol.